The zero-order chi connectivity index (χ0) is 18.7. The standard InChI is InChI=1S/C16H25N3O2.C2H4O2/c1-2-14(16(20)21)17-10-4-3-7-13-9-8-12-6-5-11-18-15(12)19-13;1-2(3)4/h8-9,14,17H,2-7,10-11H2,1H3,(H,18,19)(H,20,21);1H3,(H,3,4). The van der Waals surface area contributed by atoms with E-state index < -0.39 is 18.0 Å². The van der Waals surface area contributed by atoms with Gasteiger partial charge in [0.2, 0.25) is 0 Å². The summed E-state index contributed by atoms with van der Waals surface area (Å²) in [4.78, 5) is 24.5. The summed E-state index contributed by atoms with van der Waals surface area (Å²) in [5.41, 5.74) is 2.44. The zero-order valence-electron chi connectivity index (χ0n) is 15.0. The maximum absolute atomic E-state index is 10.9. The van der Waals surface area contributed by atoms with Crippen molar-refractivity contribution in [2.75, 3.05) is 18.4 Å². The molecule has 2 heterocycles. The Morgan fingerprint density at radius 3 is 2.68 bits per heavy atom. The molecule has 140 valence electrons. The van der Waals surface area contributed by atoms with Gasteiger partial charge in [0.25, 0.3) is 5.97 Å². The van der Waals surface area contributed by atoms with Gasteiger partial charge in [-0.3, -0.25) is 9.59 Å². The van der Waals surface area contributed by atoms with Crippen LogP contribution in [0.3, 0.4) is 0 Å². The number of fused-ring (bicyclic) bond motifs is 1. The number of carboxylic acid groups (broad SMARTS) is 2. The first-order chi connectivity index (χ1) is 11.9. The summed E-state index contributed by atoms with van der Waals surface area (Å²) < 4.78 is 0. The number of aryl methyl sites for hydroxylation is 2. The summed E-state index contributed by atoms with van der Waals surface area (Å²) in [5.74, 6) is -0.547. The first kappa shape index (κ1) is 20.9. The third-order valence-corrected chi connectivity index (χ3v) is 3.91. The molecule has 1 aliphatic heterocycles. The molecule has 1 aliphatic rings. The molecule has 0 radical (unpaired) electrons. The largest absolute Gasteiger partial charge is 0.481 e. The van der Waals surface area contributed by atoms with E-state index in [-0.39, 0.29) is 0 Å². The summed E-state index contributed by atoms with van der Waals surface area (Å²) in [5, 5.41) is 22.8. The van der Waals surface area contributed by atoms with Crippen LogP contribution >= 0.6 is 0 Å². The highest BCUT2D eigenvalue weighted by atomic mass is 16.4. The van der Waals surface area contributed by atoms with Gasteiger partial charge in [0.05, 0.1) is 0 Å². The molecule has 1 atom stereocenters. The molecule has 0 amide bonds. The molecule has 7 nitrogen and oxygen atoms in total. The number of anilines is 1. The monoisotopic (exact) mass is 351 g/mol. The van der Waals surface area contributed by atoms with Crippen molar-refractivity contribution in [2.24, 2.45) is 0 Å². The summed E-state index contributed by atoms with van der Waals surface area (Å²) in [6.07, 6.45) is 5.85. The van der Waals surface area contributed by atoms with Crippen molar-refractivity contribution in [3.05, 3.63) is 23.4 Å². The van der Waals surface area contributed by atoms with Crippen LogP contribution in [0.4, 0.5) is 5.82 Å². The maximum Gasteiger partial charge on any atom is 0.320 e. The lowest BCUT2D eigenvalue weighted by atomic mass is 10.1. The second-order valence-electron chi connectivity index (χ2n) is 6.07. The lowest BCUT2D eigenvalue weighted by Gasteiger charge is -2.17. The number of rotatable bonds is 8. The second-order valence-corrected chi connectivity index (χ2v) is 6.07. The van der Waals surface area contributed by atoms with Crippen molar-refractivity contribution < 1.29 is 19.8 Å². The van der Waals surface area contributed by atoms with Crippen LogP contribution in [0.1, 0.15) is 50.8 Å². The molecule has 0 aliphatic carbocycles. The zero-order valence-corrected chi connectivity index (χ0v) is 15.0. The molecule has 0 fully saturated rings. The fourth-order valence-corrected chi connectivity index (χ4v) is 2.62. The van der Waals surface area contributed by atoms with Gasteiger partial charge in [-0.05, 0) is 56.7 Å². The molecule has 1 unspecified atom stereocenters. The lowest BCUT2D eigenvalue weighted by molar-refractivity contribution is -0.139. The fourth-order valence-electron chi connectivity index (χ4n) is 2.62. The molecular weight excluding hydrogens is 322 g/mol. The van der Waals surface area contributed by atoms with Crippen LogP contribution in [0, 0.1) is 0 Å². The van der Waals surface area contributed by atoms with Gasteiger partial charge >= 0.3 is 5.97 Å². The van der Waals surface area contributed by atoms with Gasteiger partial charge in [0, 0.05) is 19.2 Å². The van der Waals surface area contributed by atoms with E-state index in [0.29, 0.717) is 6.42 Å². The Balaban J connectivity index is 0.000000705. The third kappa shape index (κ3) is 8.49. The number of nitrogens with zero attached hydrogens (tertiary/aromatic N) is 1. The van der Waals surface area contributed by atoms with Crippen molar-refractivity contribution in [1.29, 1.82) is 0 Å². The number of carbonyl (C=O) groups is 2. The Hall–Kier alpha value is -2.15. The normalized spacial score (nSPS) is 13.7. The maximum atomic E-state index is 10.9. The molecule has 0 saturated heterocycles. The smallest absolute Gasteiger partial charge is 0.320 e. The van der Waals surface area contributed by atoms with Crippen molar-refractivity contribution >= 4 is 17.8 Å². The number of nitrogens with one attached hydrogen (secondary N) is 2. The Bertz CT molecular complexity index is 559. The SMILES string of the molecule is CC(=O)O.CCC(NCCCCc1ccc2c(n1)NCCC2)C(=O)O. The molecule has 0 aromatic carbocycles. The van der Waals surface area contributed by atoms with Crippen LogP contribution < -0.4 is 10.6 Å². The predicted octanol–water partition coefficient (Wildman–Crippen LogP) is 2.31. The van der Waals surface area contributed by atoms with Crippen molar-refractivity contribution in [3.8, 4) is 0 Å². The molecule has 1 aromatic rings. The Labute approximate surface area is 148 Å². The van der Waals surface area contributed by atoms with Gasteiger partial charge in [-0.15, -0.1) is 0 Å². The van der Waals surface area contributed by atoms with E-state index in [0.717, 1.165) is 57.2 Å². The van der Waals surface area contributed by atoms with Crippen molar-refractivity contribution in [3.63, 3.8) is 0 Å². The van der Waals surface area contributed by atoms with E-state index in [1.165, 1.54) is 12.0 Å². The van der Waals surface area contributed by atoms with Crippen molar-refractivity contribution in [1.82, 2.24) is 10.3 Å². The molecule has 25 heavy (non-hydrogen) atoms. The van der Waals surface area contributed by atoms with E-state index in [1.54, 1.807) is 0 Å². The number of aromatic nitrogens is 1. The third-order valence-electron chi connectivity index (χ3n) is 3.91. The molecule has 0 bridgehead atoms. The molecule has 7 heteroatoms. The van der Waals surface area contributed by atoms with Gasteiger partial charge in [-0.25, -0.2) is 4.98 Å². The number of unbranched alkanes of at least 4 members (excludes halogenated alkanes) is 1. The van der Waals surface area contributed by atoms with Gasteiger partial charge < -0.3 is 20.8 Å². The number of hydrogen-bond donors (Lipinski definition) is 4. The van der Waals surface area contributed by atoms with E-state index >= 15 is 0 Å². The van der Waals surface area contributed by atoms with Gasteiger partial charge in [-0.2, -0.15) is 0 Å². The predicted molar refractivity (Wildman–Crippen MR) is 97.0 cm³/mol. The topological polar surface area (TPSA) is 112 Å². The highest BCUT2D eigenvalue weighted by molar-refractivity contribution is 5.73. The molecule has 4 N–H and O–H groups in total. The van der Waals surface area contributed by atoms with E-state index in [2.05, 4.69) is 27.8 Å². The van der Waals surface area contributed by atoms with E-state index in [4.69, 9.17) is 15.0 Å². The number of pyridine rings is 1. The van der Waals surface area contributed by atoms with E-state index in [9.17, 15) is 4.79 Å². The van der Waals surface area contributed by atoms with E-state index in [1.807, 2.05) is 6.92 Å². The van der Waals surface area contributed by atoms with Gasteiger partial charge in [0.15, 0.2) is 0 Å². The average molecular weight is 351 g/mol. The summed E-state index contributed by atoms with van der Waals surface area (Å²) in [7, 11) is 0. The molecule has 2 rings (SSSR count). The minimum atomic E-state index is -0.833. The van der Waals surface area contributed by atoms with Crippen LogP contribution in [0.2, 0.25) is 0 Å². The number of aliphatic carboxylic acids is 2. The quantitative estimate of drug-likeness (QED) is 0.532. The fraction of sp³-hybridized carbons (Fsp3) is 0.611. The van der Waals surface area contributed by atoms with Crippen LogP contribution in [0.25, 0.3) is 0 Å². The first-order valence-corrected chi connectivity index (χ1v) is 8.82. The summed E-state index contributed by atoms with van der Waals surface area (Å²) >= 11 is 0. The highest BCUT2D eigenvalue weighted by Gasteiger charge is 2.13. The molecule has 0 saturated carbocycles. The van der Waals surface area contributed by atoms with Gasteiger partial charge in [-0.1, -0.05) is 13.0 Å². The summed E-state index contributed by atoms with van der Waals surface area (Å²) in [6, 6.07) is 3.88. The lowest BCUT2D eigenvalue weighted by Crippen LogP contribution is -2.36. The van der Waals surface area contributed by atoms with Crippen LogP contribution in [0.15, 0.2) is 12.1 Å². The Morgan fingerprint density at radius 1 is 1.32 bits per heavy atom. The highest BCUT2D eigenvalue weighted by Crippen LogP contribution is 2.20. The Kier molecular flexibility index (Phi) is 9.54. The first-order valence-electron chi connectivity index (χ1n) is 8.82. The second kappa shape index (κ2) is 11.4. The van der Waals surface area contributed by atoms with Crippen LogP contribution in [0.5, 0.6) is 0 Å². The number of carboxylic acids is 2. The minimum absolute atomic E-state index is 0.420. The summed E-state index contributed by atoms with van der Waals surface area (Å²) in [6.45, 7) is 4.73. The van der Waals surface area contributed by atoms with Crippen LogP contribution in [-0.2, 0) is 22.4 Å². The molecule has 1 aromatic heterocycles. The average Bonchev–Trinajstić information content (AvgIpc) is 2.57. The molecule has 0 spiro atoms. The van der Waals surface area contributed by atoms with Gasteiger partial charge in [0.1, 0.15) is 11.9 Å². The van der Waals surface area contributed by atoms with Crippen molar-refractivity contribution in [2.45, 2.75) is 58.4 Å². The minimum Gasteiger partial charge on any atom is -0.481 e. The number of hydrogen-bond acceptors (Lipinski definition) is 5. The molecular formula is C18H29N3O4. The van der Waals surface area contributed by atoms with Crippen LogP contribution in [-0.4, -0.2) is 46.3 Å². The Morgan fingerprint density at radius 2 is 2.04 bits per heavy atom.